The fourth-order valence-electron chi connectivity index (χ4n) is 1.10. The van der Waals surface area contributed by atoms with Crippen molar-refractivity contribution >= 4 is 21.6 Å². The molecule has 0 aliphatic heterocycles. The van der Waals surface area contributed by atoms with E-state index in [0.29, 0.717) is 18.5 Å². The van der Waals surface area contributed by atoms with E-state index in [9.17, 15) is 8.42 Å². The summed E-state index contributed by atoms with van der Waals surface area (Å²) >= 11 is 5.80. The highest BCUT2D eigenvalue weighted by molar-refractivity contribution is 7.89. The van der Waals surface area contributed by atoms with Gasteiger partial charge in [0.05, 0.1) is 16.7 Å². The standard InChI is InChI=1S/C10H11ClN2O2S/c1-2-5-13-16(14,15)10-4-3-8(7-12)6-9(10)11/h3-4,6,13H,2,5H2,1H3. The van der Waals surface area contributed by atoms with Gasteiger partial charge < -0.3 is 0 Å². The molecular weight excluding hydrogens is 248 g/mol. The maximum absolute atomic E-state index is 11.7. The highest BCUT2D eigenvalue weighted by Crippen LogP contribution is 2.22. The molecule has 4 nitrogen and oxygen atoms in total. The molecule has 0 atom stereocenters. The van der Waals surface area contributed by atoms with Crippen molar-refractivity contribution < 1.29 is 8.42 Å². The van der Waals surface area contributed by atoms with E-state index >= 15 is 0 Å². The lowest BCUT2D eigenvalue weighted by molar-refractivity contribution is 0.581. The second-order valence-corrected chi connectivity index (χ2v) is 5.30. The molecule has 1 N–H and O–H groups in total. The minimum Gasteiger partial charge on any atom is -0.211 e. The fourth-order valence-corrected chi connectivity index (χ4v) is 2.78. The van der Waals surface area contributed by atoms with E-state index in [0.717, 1.165) is 0 Å². The largest absolute Gasteiger partial charge is 0.242 e. The molecule has 6 heteroatoms. The lowest BCUT2D eigenvalue weighted by atomic mass is 10.2. The number of halogens is 1. The Morgan fingerprint density at radius 1 is 1.50 bits per heavy atom. The number of nitriles is 1. The molecule has 0 aliphatic carbocycles. The van der Waals surface area contributed by atoms with Gasteiger partial charge in [-0.3, -0.25) is 0 Å². The summed E-state index contributed by atoms with van der Waals surface area (Å²) in [5.41, 5.74) is 0.333. The average molecular weight is 259 g/mol. The topological polar surface area (TPSA) is 70.0 Å². The maximum atomic E-state index is 11.7. The molecule has 0 radical (unpaired) electrons. The van der Waals surface area contributed by atoms with Crippen molar-refractivity contribution in [2.75, 3.05) is 6.54 Å². The van der Waals surface area contributed by atoms with E-state index < -0.39 is 10.0 Å². The zero-order chi connectivity index (χ0) is 12.2. The van der Waals surface area contributed by atoms with Crippen LogP contribution in [0.15, 0.2) is 23.1 Å². The minimum absolute atomic E-state index is 0.00150. The third kappa shape index (κ3) is 2.95. The van der Waals surface area contributed by atoms with Gasteiger partial charge in [-0.05, 0) is 24.6 Å². The quantitative estimate of drug-likeness (QED) is 0.897. The molecule has 0 heterocycles. The number of benzene rings is 1. The first-order valence-electron chi connectivity index (χ1n) is 4.70. The Bertz CT molecular complexity index is 520. The molecular formula is C10H11ClN2O2S. The van der Waals surface area contributed by atoms with Gasteiger partial charge in [0.1, 0.15) is 4.90 Å². The molecule has 0 spiro atoms. The molecule has 0 saturated heterocycles. The summed E-state index contributed by atoms with van der Waals surface area (Å²) in [5.74, 6) is 0. The molecule has 0 unspecified atom stereocenters. The number of sulfonamides is 1. The van der Waals surface area contributed by atoms with Crippen LogP contribution in [0.25, 0.3) is 0 Å². The van der Waals surface area contributed by atoms with Gasteiger partial charge in [-0.25, -0.2) is 13.1 Å². The van der Waals surface area contributed by atoms with E-state index in [1.54, 1.807) is 0 Å². The molecule has 0 saturated carbocycles. The third-order valence-electron chi connectivity index (χ3n) is 1.89. The molecule has 86 valence electrons. The summed E-state index contributed by atoms with van der Waals surface area (Å²) in [5, 5.41) is 8.68. The van der Waals surface area contributed by atoms with Gasteiger partial charge in [0.15, 0.2) is 0 Å². The highest BCUT2D eigenvalue weighted by atomic mass is 35.5. The van der Waals surface area contributed by atoms with Crippen molar-refractivity contribution in [3.8, 4) is 6.07 Å². The molecule has 0 fully saturated rings. The third-order valence-corrected chi connectivity index (χ3v) is 3.84. The second kappa shape index (κ2) is 5.30. The summed E-state index contributed by atoms with van der Waals surface area (Å²) in [6.45, 7) is 2.22. The van der Waals surface area contributed by atoms with E-state index in [1.807, 2.05) is 13.0 Å². The first-order chi connectivity index (χ1) is 7.51. The second-order valence-electron chi connectivity index (χ2n) is 3.15. The Balaban J connectivity index is 3.10. The monoisotopic (exact) mass is 258 g/mol. The average Bonchev–Trinajstić information content (AvgIpc) is 2.25. The SMILES string of the molecule is CCCNS(=O)(=O)c1ccc(C#N)cc1Cl. The zero-order valence-electron chi connectivity index (χ0n) is 8.70. The Morgan fingerprint density at radius 2 is 2.19 bits per heavy atom. The van der Waals surface area contributed by atoms with E-state index in [-0.39, 0.29) is 9.92 Å². The molecule has 1 aromatic carbocycles. The van der Waals surface area contributed by atoms with Crippen molar-refractivity contribution in [3.63, 3.8) is 0 Å². The van der Waals surface area contributed by atoms with Crippen molar-refractivity contribution in [1.82, 2.24) is 4.72 Å². The van der Waals surface area contributed by atoms with Gasteiger partial charge >= 0.3 is 0 Å². The predicted molar refractivity (Wildman–Crippen MR) is 61.6 cm³/mol. The summed E-state index contributed by atoms with van der Waals surface area (Å²) in [4.78, 5) is 0.00150. The van der Waals surface area contributed by atoms with Crippen LogP contribution in [0.3, 0.4) is 0 Å². The van der Waals surface area contributed by atoms with Crippen LogP contribution < -0.4 is 4.72 Å². The Labute approximate surface area is 99.9 Å². The van der Waals surface area contributed by atoms with Crippen molar-refractivity contribution in [3.05, 3.63) is 28.8 Å². The Morgan fingerprint density at radius 3 is 2.69 bits per heavy atom. The summed E-state index contributed by atoms with van der Waals surface area (Å²) < 4.78 is 25.9. The van der Waals surface area contributed by atoms with E-state index in [4.69, 9.17) is 16.9 Å². The van der Waals surface area contributed by atoms with Crippen molar-refractivity contribution in [2.24, 2.45) is 0 Å². The van der Waals surface area contributed by atoms with Gasteiger partial charge in [-0.2, -0.15) is 5.26 Å². The molecule has 0 bridgehead atoms. The van der Waals surface area contributed by atoms with Crippen LogP contribution in [-0.2, 0) is 10.0 Å². The Hall–Kier alpha value is -1.09. The van der Waals surface area contributed by atoms with Crippen LogP contribution in [-0.4, -0.2) is 15.0 Å². The first-order valence-corrected chi connectivity index (χ1v) is 6.56. The van der Waals surface area contributed by atoms with Crippen LogP contribution in [0.2, 0.25) is 5.02 Å². The predicted octanol–water partition coefficient (Wildman–Crippen LogP) is 1.90. The maximum Gasteiger partial charge on any atom is 0.242 e. The van der Waals surface area contributed by atoms with Gasteiger partial charge in [0, 0.05) is 6.54 Å². The minimum atomic E-state index is -3.57. The normalized spacial score (nSPS) is 11.1. The summed E-state index contributed by atoms with van der Waals surface area (Å²) in [6, 6.07) is 5.98. The van der Waals surface area contributed by atoms with E-state index in [1.165, 1.54) is 18.2 Å². The van der Waals surface area contributed by atoms with E-state index in [2.05, 4.69) is 4.72 Å². The van der Waals surface area contributed by atoms with Crippen LogP contribution in [0.1, 0.15) is 18.9 Å². The number of nitrogens with zero attached hydrogens (tertiary/aromatic N) is 1. The molecule has 0 amide bonds. The lowest BCUT2D eigenvalue weighted by Gasteiger charge is -2.07. The number of hydrogen-bond donors (Lipinski definition) is 1. The van der Waals surface area contributed by atoms with Crippen LogP contribution in [0.5, 0.6) is 0 Å². The lowest BCUT2D eigenvalue weighted by Crippen LogP contribution is -2.24. The number of nitrogens with one attached hydrogen (secondary N) is 1. The van der Waals surface area contributed by atoms with Crippen LogP contribution in [0, 0.1) is 11.3 Å². The van der Waals surface area contributed by atoms with Gasteiger partial charge in [0.25, 0.3) is 0 Å². The van der Waals surface area contributed by atoms with Crippen LogP contribution >= 0.6 is 11.6 Å². The van der Waals surface area contributed by atoms with Crippen molar-refractivity contribution in [1.29, 1.82) is 5.26 Å². The molecule has 1 rings (SSSR count). The summed E-state index contributed by atoms with van der Waals surface area (Å²) in [7, 11) is -3.57. The zero-order valence-corrected chi connectivity index (χ0v) is 10.3. The van der Waals surface area contributed by atoms with Crippen molar-refractivity contribution in [2.45, 2.75) is 18.2 Å². The first kappa shape index (κ1) is 13.0. The molecule has 0 aliphatic rings. The smallest absolute Gasteiger partial charge is 0.211 e. The fraction of sp³-hybridized carbons (Fsp3) is 0.300. The Kier molecular flexibility index (Phi) is 4.30. The summed E-state index contributed by atoms with van der Waals surface area (Å²) in [6.07, 6.45) is 0.702. The van der Waals surface area contributed by atoms with Gasteiger partial charge in [-0.1, -0.05) is 18.5 Å². The van der Waals surface area contributed by atoms with Gasteiger partial charge in [-0.15, -0.1) is 0 Å². The van der Waals surface area contributed by atoms with Gasteiger partial charge in [0.2, 0.25) is 10.0 Å². The molecule has 16 heavy (non-hydrogen) atoms. The highest BCUT2D eigenvalue weighted by Gasteiger charge is 2.17. The molecule has 1 aromatic rings. The number of hydrogen-bond acceptors (Lipinski definition) is 3. The van der Waals surface area contributed by atoms with Crippen LogP contribution in [0.4, 0.5) is 0 Å². The molecule has 0 aromatic heterocycles. The number of rotatable bonds is 4.